The van der Waals surface area contributed by atoms with E-state index in [9.17, 15) is 0 Å². The number of halogens is 2. The van der Waals surface area contributed by atoms with Crippen molar-refractivity contribution < 1.29 is 0 Å². The van der Waals surface area contributed by atoms with Crippen molar-refractivity contribution in [3.8, 4) is 0 Å². The molecule has 0 radical (unpaired) electrons. The summed E-state index contributed by atoms with van der Waals surface area (Å²) in [4.78, 5) is 1.32. The van der Waals surface area contributed by atoms with Crippen LogP contribution in [0.1, 0.15) is 22.9 Å². The first kappa shape index (κ1) is 15.9. The molecule has 1 aliphatic rings. The summed E-state index contributed by atoms with van der Waals surface area (Å²) in [5, 5.41) is 9.92. The van der Waals surface area contributed by atoms with Crippen LogP contribution >= 0.6 is 38.9 Å². The lowest BCUT2D eigenvalue weighted by molar-refractivity contribution is 0.722. The summed E-state index contributed by atoms with van der Waals surface area (Å²) in [6.45, 7) is 0. The minimum atomic E-state index is 0.233. The molecule has 0 saturated heterocycles. The number of thiophene rings is 1. The zero-order valence-corrected chi connectivity index (χ0v) is 15.9. The molecule has 0 bridgehead atoms. The molecule has 3 aromatic rings. The molecule has 0 fully saturated rings. The van der Waals surface area contributed by atoms with Gasteiger partial charge in [0, 0.05) is 20.8 Å². The maximum atomic E-state index is 6.01. The molecule has 5 heteroatoms. The van der Waals surface area contributed by atoms with Crippen molar-refractivity contribution in [2.75, 3.05) is 5.01 Å². The smallest absolute Gasteiger partial charge is 0.0923 e. The Hall–Kier alpha value is -1.62. The van der Waals surface area contributed by atoms with Crippen LogP contribution in [0.15, 0.2) is 75.6 Å². The lowest BCUT2D eigenvalue weighted by Gasteiger charge is -2.22. The molecule has 2 heterocycles. The largest absolute Gasteiger partial charge is 0.257 e. The van der Waals surface area contributed by atoms with Crippen LogP contribution in [-0.2, 0) is 0 Å². The molecule has 1 atom stereocenters. The Labute approximate surface area is 158 Å². The van der Waals surface area contributed by atoms with Crippen molar-refractivity contribution in [2.45, 2.75) is 12.5 Å². The third-order valence-corrected chi connectivity index (χ3v) is 5.80. The number of benzene rings is 2. The molecule has 0 saturated carbocycles. The van der Waals surface area contributed by atoms with E-state index in [4.69, 9.17) is 16.7 Å². The first-order valence-corrected chi connectivity index (χ1v) is 9.67. The summed E-state index contributed by atoms with van der Waals surface area (Å²) in [6.07, 6.45) is 0.887. The van der Waals surface area contributed by atoms with Crippen molar-refractivity contribution >= 4 is 50.3 Å². The SMILES string of the molecule is Clc1ccc(C2=NN(c3ccc(Br)cc3)[C@H](c3cccs3)C2)cc1. The second-order valence-corrected chi connectivity index (χ2v) is 7.94. The molecule has 4 rings (SSSR count). The monoisotopic (exact) mass is 416 g/mol. The predicted octanol–water partition coefficient (Wildman–Crippen LogP) is 6.52. The van der Waals surface area contributed by atoms with Gasteiger partial charge in [-0.15, -0.1) is 11.3 Å². The van der Waals surface area contributed by atoms with Gasteiger partial charge >= 0.3 is 0 Å². The highest BCUT2D eigenvalue weighted by Crippen LogP contribution is 2.38. The van der Waals surface area contributed by atoms with Crippen LogP contribution in [0.25, 0.3) is 0 Å². The zero-order chi connectivity index (χ0) is 16.5. The summed E-state index contributed by atoms with van der Waals surface area (Å²) >= 11 is 11.3. The standard InChI is InChI=1S/C19H14BrClN2S/c20-14-5-9-16(10-6-14)23-18(19-2-1-11-24-19)12-17(22-23)13-3-7-15(21)8-4-13/h1-11,18H,12H2/t18-/m0/s1. The molecule has 2 nitrogen and oxygen atoms in total. The van der Waals surface area contributed by atoms with E-state index in [0.29, 0.717) is 0 Å². The molecule has 0 amide bonds. The molecule has 24 heavy (non-hydrogen) atoms. The Kier molecular flexibility index (Phi) is 4.44. The van der Waals surface area contributed by atoms with Crippen LogP contribution in [0.2, 0.25) is 5.02 Å². The Balaban J connectivity index is 1.73. The van der Waals surface area contributed by atoms with Gasteiger partial charge in [0.25, 0.3) is 0 Å². The number of hydrogen-bond donors (Lipinski definition) is 0. The number of nitrogens with zero attached hydrogens (tertiary/aromatic N) is 2. The van der Waals surface area contributed by atoms with Crippen LogP contribution in [-0.4, -0.2) is 5.71 Å². The molecule has 0 spiro atoms. The molecular weight excluding hydrogens is 404 g/mol. The van der Waals surface area contributed by atoms with Gasteiger partial charge in [-0.2, -0.15) is 5.10 Å². The van der Waals surface area contributed by atoms with Crippen molar-refractivity contribution in [2.24, 2.45) is 5.10 Å². The van der Waals surface area contributed by atoms with E-state index < -0.39 is 0 Å². The number of rotatable bonds is 3. The summed E-state index contributed by atoms with van der Waals surface area (Å²) in [7, 11) is 0. The van der Waals surface area contributed by atoms with Crippen molar-refractivity contribution in [3.05, 3.63) is 86.0 Å². The highest BCUT2D eigenvalue weighted by molar-refractivity contribution is 9.10. The maximum Gasteiger partial charge on any atom is 0.0923 e. The van der Waals surface area contributed by atoms with E-state index in [0.717, 1.165) is 32.9 Å². The van der Waals surface area contributed by atoms with E-state index in [2.05, 4.69) is 62.7 Å². The average Bonchev–Trinajstić information content (AvgIpc) is 3.25. The van der Waals surface area contributed by atoms with Crippen LogP contribution in [0.3, 0.4) is 0 Å². The number of anilines is 1. The predicted molar refractivity (Wildman–Crippen MR) is 106 cm³/mol. The molecule has 1 aliphatic heterocycles. The highest BCUT2D eigenvalue weighted by atomic mass is 79.9. The van der Waals surface area contributed by atoms with Gasteiger partial charge in [0.05, 0.1) is 17.4 Å². The van der Waals surface area contributed by atoms with Crippen LogP contribution in [0, 0.1) is 0 Å². The van der Waals surface area contributed by atoms with Gasteiger partial charge in [0.2, 0.25) is 0 Å². The minimum absolute atomic E-state index is 0.233. The Morgan fingerprint density at radius 2 is 1.79 bits per heavy atom. The molecule has 0 aliphatic carbocycles. The number of hydrazone groups is 1. The van der Waals surface area contributed by atoms with Gasteiger partial charge in [-0.3, -0.25) is 5.01 Å². The average molecular weight is 418 g/mol. The minimum Gasteiger partial charge on any atom is -0.257 e. The fraction of sp³-hybridized carbons (Fsp3) is 0.105. The van der Waals surface area contributed by atoms with E-state index in [1.807, 2.05) is 24.3 Å². The third kappa shape index (κ3) is 3.14. The van der Waals surface area contributed by atoms with Gasteiger partial charge in [-0.05, 0) is 53.4 Å². The normalized spacial score (nSPS) is 17.2. The lowest BCUT2D eigenvalue weighted by atomic mass is 10.0. The second kappa shape index (κ2) is 6.71. The Morgan fingerprint density at radius 1 is 1.04 bits per heavy atom. The Bertz CT molecular complexity index is 857. The fourth-order valence-electron chi connectivity index (χ4n) is 2.86. The molecule has 1 aromatic heterocycles. The van der Waals surface area contributed by atoms with Crippen molar-refractivity contribution in [3.63, 3.8) is 0 Å². The van der Waals surface area contributed by atoms with E-state index in [1.165, 1.54) is 4.88 Å². The summed E-state index contributed by atoms with van der Waals surface area (Å²) < 4.78 is 1.07. The molecule has 0 N–H and O–H groups in total. The van der Waals surface area contributed by atoms with E-state index in [1.54, 1.807) is 11.3 Å². The summed E-state index contributed by atoms with van der Waals surface area (Å²) in [6, 6.07) is 20.7. The molecular formula is C19H14BrClN2S. The van der Waals surface area contributed by atoms with Gasteiger partial charge in [0.1, 0.15) is 0 Å². The van der Waals surface area contributed by atoms with E-state index in [-0.39, 0.29) is 6.04 Å². The van der Waals surface area contributed by atoms with Crippen molar-refractivity contribution in [1.82, 2.24) is 0 Å². The summed E-state index contributed by atoms with van der Waals surface area (Å²) in [5.74, 6) is 0. The maximum absolute atomic E-state index is 6.01. The van der Waals surface area contributed by atoms with Gasteiger partial charge in [-0.25, -0.2) is 0 Å². The lowest BCUT2D eigenvalue weighted by Crippen LogP contribution is -2.17. The first-order chi connectivity index (χ1) is 11.7. The molecule has 2 aromatic carbocycles. The third-order valence-electron chi connectivity index (χ3n) is 4.05. The van der Waals surface area contributed by atoms with Gasteiger partial charge < -0.3 is 0 Å². The van der Waals surface area contributed by atoms with Crippen LogP contribution < -0.4 is 5.01 Å². The van der Waals surface area contributed by atoms with Gasteiger partial charge in [0.15, 0.2) is 0 Å². The molecule has 0 unspecified atom stereocenters. The second-order valence-electron chi connectivity index (χ2n) is 5.61. The van der Waals surface area contributed by atoms with Crippen LogP contribution in [0.5, 0.6) is 0 Å². The number of hydrogen-bond acceptors (Lipinski definition) is 3. The molecule has 120 valence electrons. The van der Waals surface area contributed by atoms with E-state index >= 15 is 0 Å². The fourth-order valence-corrected chi connectivity index (χ4v) is 4.06. The van der Waals surface area contributed by atoms with Crippen LogP contribution in [0.4, 0.5) is 5.69 Å². The highest BCUT2D eigenvalue weighted by Gasteiger charge is 2.30. The summed E-state index contributed by atoms with van der Waals surface area (Å²) in [5.41, 5.74) is 3.31. The quantitative estimate of drug-likeness (QED) is 0.473. The zero-order valence-electron chi connectivity index (χ0n) is 12.7. The Morgan fingerprint density at radius 3 is 2.46 bits per heavy atom. The topological polar surface area (TPSA) is 15.6 Å². The van der Waals surface area contributed by atoms with Gasteiger partial charge in [-0.1, -0.05) is 45.7 Å². The first-order valence-electron chi connectivity index (χ1n) is 7.62. The van der Waals surface area contributed by atoms with Crippen molar-refractivity contribution in [1.29, 1.82) is 0 Å².